The van der Waals surface area contributed by atoms with E-state index in [0.29, 0.717) is 0 Å². The van der Waals surface area contributed by atoms with E-state index in [1.54, 1.807) is 0 Å². The first-order valence-electron chi connectivity index (χ1n) is 8.98. The van der Waals surface area contributed by atoms with Gasteiger partial charge in [0.2, 0.25) is 17.8 Å². The van der Waals surface area contributed by atoms with Crippen molar-refractivity contribution in [2.24, 2.45) is 15.7 Å². The second-order valence-corrected chi connectivity index (χ2v) is 6.21. The minimum Gasteiger partial charge on any atom is -0.369 e. The molecule has 1 aliphatic heterocycles. The standard InChI is InChI=1S/C20H22N6O2/c1-2-13-8-6-7-11-15(13)23-17(27)12-16-18(28)25-20(24-16)26-19(21)22-14-9-4-3-5-10-14/h3-11,16H,2,12H2,1H3,(H,23,27)(H4,21,22,24,25,26,28)/t16-/m1/s1. The number of aliphatic imine (C=N–C) groups is 2. The molecule has 8 nitrogen and oxygen atoms in total. The number of hydrogen-bond donors (Lipinski definition) is 4. The number of anilines is 2. The first kappa shape index (κ1) is 19.1. The van der Waals surface area contributed by atoms with Crippen LogP contribution in [0.5, 0.6) is 0 Å². The lowest BCUT2D eigenvalue weighted by Crippen LogP contribution is -2.32. The van der Waals surface area contributed by atoms with Gasteiger partial charge in [-0.05, 0) is 30.2 Å². The van der Waals surface area contributed by atoms with E-state index in [0.717, 1.165) is 23.4 Å². The summed E-state index contributed by atoms with van der Waals surface area (Å²) in [5, 5.41) is 8.27. The topological polar surface area (TPSA) is 121 Å². The number of nitrogens with one attached hydrogen (secondary N) is 3. The number of nitrogens with two attached hydrogens (primary N) is 1. The highest BCUT2D eigenvalue weighted by Crippen LogP contribution is 2.16. The molecule has 0 aliphatic carbocycles. The number of nitrogens with zero attached hydrogens (tertiary/aromatic N) is 2. The summed E-state index contributed by atoms with van der Waals surface area (Å²) in [6.07, 6.45) is 0.722. The molecular formula is C20H22N6O2. The average molecular weight is 378 g/mol. The zero-order chi connectivity index (χ0) is 19.9. The van der Waals surface area contributed by atoms with Crippen LogP contribution in [0.4, 0.5) is 11.4 Å². The highest BCUT2D eigenvalue weighted by Gasteiger charge is 2.28. The van der Waals surface area contributed by atoms with Crippen molar-refractivity contribution in [2.45, 2.75) is 25.8 Å². The molecule has 0 aromatic heterocycles. The van der Waals surface area contributed by atoms with Gasteiger partial charge in [0.25, 0.3) is 5.91 Å². The van der Waals surface area contributed by atoms with Crippen LogP contribution in [0.15, 0.2) is 64.6 Å². The molecule has 0 spiro atoms. The number of benzene rings is 2. The molecule has 2 aromatic rings. The zero-order valence-corrected chi connectivity index (χ0v) is 15.5. The number of carbonyl (C=O) groups excluding carboxylic acids is 2. The lowest BCUT2D eigenvalue weighted by molar-refractivity contribution is -0.123. The number of aryl methyl sites for hydroxylation is 1. The summed E-state index contributed by atoms with van der Waals surface area (Å²) in [6, 6.07) is 16.0. The quantitative estimate of drug-likeness (QED) is 0.469. The fourth-order valence-corrected chi connectivity index (χ4v) is 2.77. The van der Waals surface area contributed by atoms with Gasteiger partial charge in [-0.15, -0.1) is 0 Å². The maximum Gasteiger partial charge on any atom is 0.252 e. The number of guanidine groups is 2. The van der Waals surface area contributed by atoms with Crippen molar-refractivity contribution in [3.8, 4) is 0 Å². The van der Waals surface area contributed by atoms with E-state index in [9.17, 15) is 9.59 Å². The molecule has 28 heavy (non-hydrogen) atoms. The molecule has 5 N–H and O–H groups in total. The minimum atomic E-state index is -0.836. The van der Waals surface area contributed by atoms with E-state index in [2.05, 4.69) is 25.9 Å². The highest BCUT2D eigenvalue weighted by atomic mass is 16.2. The Morgan fingerprint density at radius 2 is 1.86 bits per heavy atom. The van der Waals surface area contributed by atoms with Gasteiger partial charge in [0.05, 0.1) is 6.42 Å². The number of carbonyl (C=O) groups is 2. The van der Waals surface area contributed by atoms with Crippen LogP contribution in [0.25, 0.3) is 0 Å². The van der Waals surface area contributed by atoms with Crippen LogP contribution < -0.4 is 21.7 Å². The lowest BCUT2D eigenvalue weighted by atomic mass is 10.1. The van der Waals surface area contributed by atoms with Gasteiger partial charge < -0.3 is 16.4 Å². The molecule has 144 valence electrons. The second kappa shape index (κ2) is 8.81. The van der Waals surface area contributed by atoms with Crippen LogP contribution >= 0.6 is 0 Å². The van der Waals surface area contributed by atoms with Crippen molar-refractivity contribution < 1.29 is 9.59 Å². The third-order valence-electron chi connectivity index (χ3n) is 4.14. The maximum absolute atomic E-state index is 12.3. The first-order valence-corrected chi connectivity index (χ1v) is 8.98. The van der Waals surface area contributed by atoms with E-state index in [4.69, 9.17) is 5.73 Å². The lowest BCUT2D eigenvalue weighted by Gasteiger charge is -2.10. The van der Waals surface area contributed by atoms with Crippen molar-refractivity contribution in [1.29, 1.82) is 0 Å². The van der Waals surface area contributed by atoms with E-state index < -0.39 is 6.04 Å². The fraction of sp³-hybridized carbons (Fsp3) is 0.200. The zero-order valence-electron chi connectivity index (χ0n) is 15.5. The van der Waals surface area contributed by atoms with E-state index in [1.165, 1.54) is 0 Å². The number of amides is 2. The van der Waals surface area contributed by atoms with Crippen molar-refractivity contribution in [2.75, 3.05) is 10.6 Å². The SMILES string of the molecule is CCc1ccccc1NC(=O)C[C@H]1N=C(N=C(N)Nc2ccccc2)NC1=O. The summed E-state index contributed by atoms with van der Waals surface area (Å²) in [4.78, 5) is 32.6. The molecule has 8 heteroatoms. The second-order valence-electron chi connectivity index (χ2n) is 6.21. The van der Waals surface area contributed by atoms with Gasteiger partial charge in [-0.2, -0.15) is 4.99 Å². The molecule has 3 rings (SSSR count). The maximum atomic E-state index is 12.3. The van der Waals surface area contributed by atoms with Crippen LogP contribution in [0.1, 0.15) is 18.9 Å². The van der Waals surface area contributed by atoms with Crippen molar-refractivity contribution in [1.82, 2.24) is 5.32 Å². The molecule has 1 heterocycles. The van der Waals surface area contributed by atoms with Gasteiger partial charge in [0.15, 0.2) is 0 Å². The minimum absolute atomic E-state index is 0.0745. The molecule has 1 aliphatic rings. The molecule has 0 saturated carbocycles. The summed E-state index contributed by atoms with van der Waals surface area (Å²) in [5.41, 5.74) is 8.37. The normalized spacial score (nSPS) is 16.3. The Morgan fingerprint density at radius 3 is 2.61 bits per heavy atom. The molecule has 0 bridgehead atoms. The number of para-hydroxylation sites is 2. The van der Waals surface area contributed by atoms with Gasteiger partial charge in [-0.25, -0.2) is 4.99 Å². The van der Waals surface area contributed by atoms with Gasteiger partial charge in [-0.1, -0.05) is 43.3 Å². The molecule has 0 unspecified atom stereocenters. The van der Waals surface area contributed by atoms with Gasteiger partial charge >= 0.3 is 0 Å². The van der Waals surface area contributed by atoms with Crippen molar-refractivity contribution >= 4 is 35.1 Å². The number of hydrogen-bond acceptors (Lipinski definition) is 4. The van der Waals surface area contributed by atoms with E-state index in [-0.39, 0.29) is 30.2 Å². The molecule has 2 aromatic carbocycles. The summed E-state index contributed by atoms with van der Waals surface area (Å²) < 4.78 is 0. The monoisotopic (exact) mass is 378 g/mol. The smallest absolute Gasteiger partial charge is 0.252 e. The van der Waals surface area contributed by atoms with Gasteiger partial charge in [0, 0.05) is 11.4 Å². The first-order chi connectivity index (χ1) is 13.5. The largest absolute Gasteiger partial charge is 0.369 e. The molecule has 0 saturated heterocycles. The Balaban J connectivity index is 1.61. The Labute approximate surface area is 163 Å². The fourth-order valence-electron chi connectivity index (χ4n) is 2.77. The van der Waals surface area contributed by atoms with Crippen LogP contribution in [0, 0.1) is 0 Å². The van der Waals surface area contributed by atoms with Crippen LogP contribution in [0.3, 0.4) is 0 Å². The van der Waals surface area contributed by atoms with E-state index >= 15 is 0 Å². The summed E-state index contributed by atoms with van der Waals surface area (Å²) in [6.45, 7) is 2.01. The van der Waals surface area contributed by atoms with Crippen LogP contribution in [0.2, 0.25) is 0 Å². The Hall–Kier alpha value is -3.68. The molecule has 0 fully saturated rings. The predicted molar refractivity (Wildman–Crippen MR) is 110 cm³/mol. The summed E-state index contributed by atoms with van der Waals surface area (Å²) in [7, 11) is 0. The third kappa shape index (κ3) is 4.94. The predicted octanol–water partition coefficient (Wildman–Crippen LogP) is 1.86. The van der Waals surface area contributed by atoms with Crippen molar-refractivity contribution in [3.05, 3.63) is 60.2 Å². The van der Waals surface area contributed by atoms with Crippen molar-refractivity contribution in [3.63, 3.8) is 0 Å². The molecule has 1 atom stereocenters. The Kier molecular flexibility index (Phi) is 6.01. The molecule has 2 amide bonds. The Bertz CT molecular complexity index is 923. The summed E-state index contributed by atoms with van der Waals surface area (Å²) in [5.74, 6) is -0.500. The van der Waals surface area contributed by atoms with Crippen LogP contribution in [-0.2, 0) is 16.0 Å². The summed E-state index contributed by atoms with van der Waals surface area (Å²) >= 11 is 0. The number of rotatable bonds is 5. The average Bonchev–Trinajstić information content (AvgIpc) is 3.01. The molecular weight excluding hydrogens is 356 g/mol. The van der Waals surface area contributed by atoms with Crippen LogP contribution in [-0.4, -0.2) is 29.8 Å². The van der Waals surface area contributed by atoms with Gasteiger partial charge in [-0.3, -0.25) is 14.9 Å². The third-order valence-corrected chi connectivity index (χ3v) is 4.14. The Morgan fingerprint density at radius 1 is 1.14 bits per heavy atom. The van der Waals surface area contributed by atoms with E-state index in [1.807, 2.05) is 61.5 Å². The van der Waals surface area contributed by atoms with Gasteiger partial charge in [0.1, 0.15) is 6.04 Å². The molecule has 0 radical (unpaired) electrons. The highest BCUT2D eigenvalue weighted by molar-refractivity contribution is 6.11.